The molecule has 2 aliphatic carbocycles. The predicted octanol–water partition coefficient (Wildman–Crippen LogP) is 9.53. The molecule has 0 saturated heterocycles. The number of aromatic nitrogens is 3. The topological polar surface area (TPSA) is 38.7 Å². The predicted molar refractivity (Wildman–Crippen MR) is 176 cm³/mol. The first-order valence-corrected chi connectivity index (χ1v) is 15.1. The van der Waals surface area contributed by atoms with Gasteiger partial charge in [-0.2, -0.15) is 0 Å². The van der Waals surface area contributed by atoms with Crippen molar-refractivity contribution in [3.05, 3.63) is 185 Å². The lowest BCUT2D eigenvalue weighted by molar-refractivity contribution is 0.935. The number of pyridine rings is 3. The Labute approximate surface area is 256 Å². The Morgan fingerprint density at radius 1 is 0.364 bits per heavy atom. The van der Waals surface area contributed by atoms with Gasteiger partial charge in [0.2, 0.25) is 0 Å². The van der Waals surface area contributed by atoms with Crippen molar-refractivity contribution in [1.82, 2.24) is 15.0 Å². The van der Waals surface area contributed by atoms with Gasteiger partial charge < -0.3 is 0 Å². The molecule has 0 spiro atoms. The summed E-state index contributed by atoms with van der Waals surface area (Å²) in [7, 11) is 0. The van der Waals surface area contributed by atoms with E-state index in [9.17, 15) is 0 Å². The standard InChI is InChI=1S/C41H27N3/c1-2-12-26(13-3-1)38-30-16-6-4-14-28(30)32-20-21-33-29-15-5-7-17-31(29)39(41(33)40(32)38)27-24-36(34-18-8-10-22-42-34)44-37(25-27)35-19-9-11-23-43-35/h1-25,38-39H. The van der Waals surface area contributed by atoms with E-state index in [2.05, 4.69) is 103 Å². The van der Waals surface area contributed by atoms with Gasteiger partial charge in [-0.1, -0.05) is 103 Å². The molecule has 3 nitrogen and oxygen atoms in total. The lowest BCUT2D eigenvalue weighted by Gasteiger charge is -2.23. The monoisotopic (exact) mass is 561 g/mol. The Bertz CT molecular complexity index is 2110. The second kappa shape index (κ2) is 9.96. The Balaban J connectivity index is 1.35. The van der Waals surface area contributed by atoms with E-state index in [0.29, 0.717) is 0 Å². The Hall–Kier alpha value is -5.67. The van der Waals surface area contributed by atoms with Crippen LogP contribution in [0.5, 0.6) is 0 Å². The average Bonchev–Trinajstić information content (AvgIpc) is 3.62. The van der Waals surface area contributed by atoms with Gasteiger partial charge in [0, 0.05) is 24.2 Å². The van der Waals surface area contributed by atoms with Gasteiger partial charge in [0.1, 0.15) is 0 Å². The molecule has 2 unspecified atom stereocenters. The summed E-state index contributed by atoms with van der Waals surface area (Å²) in [4.78, 5) is 14.5. The Morgan fingerprint density at radius 3 is 1.36 bits per heavy atom. The first kappa shape index (κ1) is 24.9. The number of hydrogen-bond donors (Lipinski definition) is 0. The molecule has 0 N–H and O–H groups in total. The SMILES string of the molecule is c1ccc(C2c3ccccc3-c3ccc4c(c32)C(c2cc(-c3ccccn3)nc(-c3ccccn3)c2)c2ccccc2-4)cc1. The maximum absolute atomic E-state index is 5.10. The fraction of sp³-hybridized carbons (Fsp3) is 0.0488. The van der Waals surface area contributed by atoms with E-state index in [1.807, 2.05) is 48.8 Å². The van der Waals surface area contributed by atoms with Gasteiger partial charge in [0.25, 0.3) is 0 Å². The molecular weight excluding hydrogens is 534 g/mol. The Kier molecular flexibility index (Phi) is 5.63. The van der Waals surface area contributed by atoms with Crippen LogP contribution in [0.2, 0.25) is 0 Å². The molecule has 2 aliphatic rings. The summed E-state index contributed by atoms with van der Waals surface area (Å²) in [6, 6.07) is 50.0. The van der Waals surface area contributed by atoms with Crippen LogP contribution in [0.25, 0.3) is 45.0 Å². The minimum atomic E-state index is 0.0320. The quantitative estimate of drug-likeness (QED) is 0.215. The Morgan fingerprint density at radius 2 is 0.841 bits per heavy atom. The summed E-state index contributed by atoms with van der Waals surface area (Å²) in [5.41, 5.74) is 16.7. The van der Waals surface area contributed by atoms with Crippen LogP contribution < -0.4 is 0 Å². The normalized spacial score (nSPS) is 15.7. The molecule has 0 amide bonds. The van der Waals surface area contributed by atoms with Crippen molar-refractivity contribution in [1.29, 1.82) is 0 Å². The van der Waals surface area contributed by atoms with Crippen molar-refractivity contribution >= 4 is 0 Å². The number of rotatable bonds is 4. The highest BCUT2D eigenvalue weighted by molar-refractivity contribution is 5.91. The first-order valence-electron chi connectivity index (χ1n) is 15.1. The molecular formula is C41H27N3. The summed E-state index contributed by atoms with van der Waals surface area (Å²) in [5.74, 6) is 0.186. The van der Waals surface area contributed by atoms with Gasteiger partial charge >= 0.3 is 0 Å². The third-order valence-electron chi connectivity index (χ3n) is 9.16. The molecule has 3 aromatic heterocycles. The summed E-state index contributed by atoms with van der Waals surface area (Å²) >= 11 is 0. The summed E-state index contributed by atoms with van der Waals surface area (Å²) in [6.07, 6.45) is 3.66. The van der Waals surface area contributed by atoms with E-state index in [1.165, 1.54) is 55.6 Å². The molecule has 3 heterocycles. The molecule has 2 atom stereocenters. The smallest absolute Gasteiger partial charge is 0.0897 e. The summed E-state index contributed by atoms with van der Waals surface area (Å²) in [5, 5.41) is 0. The highest BCUT2D eigenvalue weighted by Crippen LogP contribution is 2.58. The molecule has 0 saturated carbocycles. The van der Waals surface area contributed by atoms with Crippen LogP contribution in [0.1, 0.15) is 45.2 Å². The van der Waals surface area contributed by atoms with E-state index in [4.69, 9.17) is 15.0 Å². The molecule has 0 bridgehead atoms. The fourth-order valence-corrected chi connectivity index (χ4v) is 7.37. The molecule has 44 heavy (non-hydrogen) atoms. The van der Waals surface area contributed by atoms with Crippen molar-refractivity contribution in [2.75, 3.05) is 0 Å². The van der Waals surface area contributed by atoms with Crippen LogP contribution in [-0.4, -0.2) is 15.0 Å². The zero-order valence-electron chi connectivity index (χ0n) is 23.9. The van der Waals surface area contributed by atoms with Crippen LogP contribution >= 0.6 is 0 Å². The average molecular weight is 562 g/mol. The van der Waals surface area contributed by atoms with Crippen LogP contribution in [0.15, 0.2) is 152 Å². The number of benzene rings is 4. The lowest BCUT2D eigenvalue weighted by Crippen LogP contribution is -2.08. The van der Waals surface area contributed by atoms with Crippen LogP contribution in [0, 0.1) is 0 Å². The van der Waals surface area contributed by atoms with Gasteiger partial charge in [-0.05, 0) is 92.0 Å². The highest BCUT2D eigenvalue weighted by Gasteiger charge is 2.40. The van der Waals surface area contributed by atoms with Gasteiger partial charge in [0.15, 0.2) is 0 Å². The zero-order valence-corrected chi connectivity index (χ0v) is 23.9. The van der Waals surface area contributed by atoms with Gasteiger partial charge in [-0.25, -0.2) is 4.98 Å². The molecule has 0 aliphatic heterocycles. The summed E-state index contributed by atoms with van der Waals surface area (Å²) in [6.45, 7) is 0. The second-order valence-electron chi connectivity index (χ2n) is 11.5. The molecule has 7 aromatic rings. The van der Waals surface area contributed by atoms with Crippen molar-refractivity contribution in [2.45, 2.75) is 11.8 Å². The first-order chi connectivity index (χ1) is 21.8. The van der Waals surface area contributed by atoms with Crippen molar-refractivity contribution in [2.24, 2.45) is 0 Å². The molecule has 206 valence electrons. The zero-order chi connectivity index (χ0) is 29.0. The van der Waals surface area contributed by atoms with Crippen molar-refractivity contribution < 1.29 is 0 Å². The number of nitrogens with zero attached hydrogens (tertiary/aromatic N) is 3. The van der Waals surface area contributed by atoms with Crippen LogP contribution in [-0.2, 0) is 0 Å². The van der Waals surface area contributed by atoms with Crippen LogP contribution in [0.4, 0.5) is 0 Å². The molecule has 4 aromatic carbocycles. The maximum atomic E-state index is 5.10. The van der Waals surface area contributed by atoms with Crippen molar-refractivity contribution in [3.8, 4) is 45.0 Å². The number of fused-ring (bicyclic) bond motifs is 7. The van der Waals surface area contributed by atoms with Gasteiger partial charge in [0.05, 0.1) is 22.8 Å². The minimum absolute atomic E-state index is 0.0320. The van der Waals surface area contributed by atoms with E-state index < -0.39 is 0 Å². The number of hydrogen-bond acceptors (Lipinski definition) is 3. The fourth-order valence-electron chi connectivity index (χ4n) is 7.37. The molecule has 0 radical (unpaired) electrons. The third kappa shape index (κ3) is 3.79. The maximum Gasteiger partial charge on any atom is 0.0897 e. The molecule has 3 heteroatoms. The lowest BCUT2D eigenvalue weighted by atomic mass is 9.80. The van der Waals surface area contributed by atoms with Crippen LogP contribution in [0.3, 0.4) is 0 Å². The molecule has 0 fully saturated rings. The van der Waals surface area contributed by atoms with E-state index in [1.54, 1.807) is 0 Å². The second-order valence-corrected chi connectivity index (χ2v) is 11.5. The van der Waals surface area contributed by atoms with E-state index in [0.717, 1.165) is 22.8 Å². The minimum Gasteiger partial charge on any atom is -0.255 e. The van der Waals surface area contributed by atoms with E-state index in [-0.39, 0.29) is 11.8 Å². The highest BCUT2D eigenvalue weighted by atomic mass is 14.8. The van der Waals surface area contributed by atoms with Crippen molar-refractivity contribution in [3.63, 3.8) is 0 Å². The molecule has 9 rings (SSSR count). The summed E-state index contributed by atoms with van der Waals surface area (Å²) < 4.78 is 0. The van der Waals surface area contributed by atoms with Gasteiger partial charge in [-0.15, -0.1) is 0 Å². The largest absolute Gasteiger partial charge is 0.255 e. The van der Waals surface area contributed by atoms with E-state index >= 15 is 0 Å². The third-order valence-corrected chi connectivity index (χ3v) is 9.16. The van der Waals surface area contributed by atoms with Gasteiger partial charge in [-0.3, -0.25) is 9.97 Å².